The molecule has 22 heavy (non-hydrogen) atoms. The molecule has 120 valence electrons. The molecule has 0 saturated heterocycles. The number of nitrogens with two attached hydrogens (primary N) is 1. The van der Waals surface area contributed by atoms with E-state index in [0.29, 0.717) is 13.0 Å². The Morgan fingerprint density at radius 3 is 2.68 bits per heavy atom. The Hall–Kier alpha value is -2.84. The molecule has 5 N–H and O–H groups in total. The van der Waals surface area contributed by atoms with Crippen molar-refractivity contribution >= 4 is 11.9 Å². The molecular weight excluding hydrogens is 290 g/mol. The first-order valence-corrected chi connectivity index (χ1v) is 6.68. The van der Waals surface area contributed by atoms with Gasteiger partial charge in [-0.3, -0.25) is 5.41 Å². The smallest absolute Gasteiger partial charge is 0.334 e. The van der Waals surface area contributed by atoms with E-state index in [9.17, 15) is 14.9 Å². The number of benzene rings is 1. The van der Waals surface area contributed by atoms with Gasteiger partial charge in [-0.1, -0.05) is 30.3 Å². The molecule has 0 aliphatic heterocycles. The molecule has 1 atom stereocenters. The Kier molecular flexibility index (Phi) is 7.17. The fourth-order valence-corrected chi connectivity index (χ4v) is 1.72. The summed E-state index contributed by atoms with van der Waals surface area (Å²) >= 11 is 0. The summed E-state index contributed by atoms with van der Waals surface area (Å²) in [6, 6.07) is 7.99. The van der Waals surface area contributed by atoms with E-state index in [4.69, 9.17) is 15.9 Å². The number of hydrazine groups is 1. The summed E-state index contributed by atoms with van der Waals surface area (Å²) in [6.45, 7) is 0.401. The van der Waals surface area contributed by atoms with Crippen LogP contribution < -0.4 is 16.5 Å². The summed E-state index contributed by atoms with van der Waals surface area (Å²) in [5.41, 5.74) is 7.86. The first kappa shape index (κ1) is 17.2. The SMILES string of the molecule is N=C(N)NCCC[C@H](N[N+](=O)[O-])C(=O)OCc1ccccc1. The number of nitrogens with zero attached hydrogens (tertiary/aromatic N) is 1. The number of rotatable bonds is 9. The lowest BCUT2D eigenvalue weighted by Gasteiger charge is -2.13. The average molecular weight is 309 g/mol. The maximum atomic E-state index is 11.9. The van der Waals surface area contributed by atoms with Crippen LogP contribution in [0, 0.1) is 15.5 Å². The predicted molar refractivity (Wildman–Crippen MR) is 79.3 cm³/mol. The minimum atomic E-state index is -1.05. The Morgan fingerprint density at radius 2 is 2.09 bits per heavy atom. The largest absolute Gasteiger partial charge is 0.459 e. The zero-order chi connectivity index (χ0) is 16.4. The van der Waals surface area contributed by atoms with Crippen LogP contribution in [0.25, 0.3) is 0 Å². The second kappa shape index (κ2) is 9.16. The number of guanidine groups is 1. The Bertz CT molecular complexity index is 508. The van der Waals surface area contributed by atoms with E-state index in [2.05, 4.69) is 5.32 Å². The summed E-state index contributed by atoms with van der Waals surface area (Å²) in [4.78, 5) is 22.4. The Morgan fingerprint density at radius 1 is 1.41 bits per heavy atom. The third-order valence-electron chi connectivity index (χ3n) is 2.75. The van der Waals surface area contributed by atoms with E-state index in [1.807, 2.05) is 23.6 Å². The molecule has 9 heteroatoms. The molecule has 1 rings (SSSR count). The number of hydrogen-bond acceptors (Lipinski definition) is 5. The van der Waals surface area contributed by atoms with Gasteiger partial charge in [0.05, 0.1) is 0 Å². The number of esters is 1. The molecule has 0 fully saturated rings. The Balaban J connectivity index is 2.45. The van der Waals surface area contributed by atoms with Crippen LogP contribution in [-0.2, 0) is 16.1 Å². The molecule has 9 nitrogen and oxygen atoms in total. The van der Waals surface area contributed by atoms with Crippen LogP contribution >= 0.6 is 0 Å². The molecule has 0 bridgehead atoms. The second-order valence-corrected chi connectivity index (χ2v) is 4.51. The number of carbonyl (C=O) groups excluding carboxylic acids is 1. The fourth-order valence-electron chi connectivity index (χ4n) is 1.72. The van der Waals surface area contributed by atoms with Gasteiger partial charge in [-0.25, -0.2) is 14.9 Å². The number of nitrogens with one attached hydrogen (secondary N) is 3. The highest BCUT2D eigenvalue weighted by Crippen LogP contribution is 2.05. The molecule has 0 aliphatic carbocycles. The Labute approximate surface area is 127 Å². The third-order valence-corrected chi connectivity index (χ3v) is 2.75. The highest BCUT2D eigenvalue weighted by molar-refractivity contribution is 5.75. The molecule has 0 amide bonds. The van der Waals surface area contributed by atoms with Gasteiger partial charge in [-0.05, 0) is 18.4 Å². The average Bonchev–Trinajstić information content (AvgIpc) is 2.48. The van der Waals surface area contributed by atoms with Crippen LogP contribution in [0.15, 0.2) is 30.3 Å². The molecule has 0 unspecified atom stereocenters. The minimum absolute atomic E-state index is 0.0568. The first-order chi connectivity index (χ1) is 10.5. The van der Waals surface area contributed by atoms with Crippen molar-refractivity contribution in [1.29, 1.82) is 5.41 Å². The topological polar surface area (TPSA) is 143 Å². The van der Waals surface area contributed by atoms with Crippen molar-refractivity contribution in [3.63, 3.8) is 0 Å². The first-order valence-electron chi connectivity index (χ1n) is 6.68. The van der Waals surface area contributed by atoms with Gasteiger partial charge >= 0.3 is 5.97 Å². The lowest BCUT2D eigenvalue weighted by Crippen LogP contribution is -2.42. The number of nitro groups is 1. The van der Waals surface area contributed by atoms with Crippen LogP contribution in [0.4, 0.5) is 0 Å². The van der Waals surface area contributed by atoms with Gasteiger partial charge in [0.1, 0.15) is 6.61 Å². The highest BCUT2D eigenvalue weighted by atomic mass is 16.7. The molecule has 0 aliphatic rings. The lowest BCUT2D eigenvalue weighted by molar-refractivity contribution is -0.549. The molecule has 0 radical (unpaired) electrons. The normalized spacial score (nSPS) is 11.3. The van der Waals surface area contributed by atoms with Gasteiger partial charge < -0.3 is 15.8 Å². The molecule has 0 aromatic heterocycles. The van der Waals surface area contributed by atoms with Crippen molar-refractivity contribution in [2.75, 3.05) is 6.54 Å². The summed E-state index contributed by atoms with van der Waals surface area (Å²) in [6.07, 6.45) is 0.612. The molecule has 0 saturated carbocycles. The van der Waals surface area contributed by atoms with Crippen LogP contribution in [0.3, 0.4) is 0 Å². The summed E-state index contributed by atoms with van der Waals surface area (Å²) < 4.78 is 5.08. The quantitative estimate of drug-likeness (QED) is 0.127. The minimum Gasteiger partial charge on any atom is -0.459 e. The van der Waals surface area contributed by atoms with Crippen molar-refractivity contribution in [1.82, 2.24) is 10.7 Å². The van der Waals surface area contributed by atoms with Gasteiger partial charge in [0.15, 0.2) is 17.0 Å². The van der Waals surface area contributed by atoms with E-state index in [-0.39, 0.29) is 19.0 Å². The lowest BCUT2D eigenvalue weighted by atomic mass is 10.1. The van der Waals surface area contributed by atoms with Gasteiger partial charge in [-0.2, -0.15) is 0 Å². The maximum absolute atomic E-state index is 11.9. The monoisotopic (exact) mass is 309 g/mol. The highest BCUT2D eigenvalue weighted by Gasteiger charge is 2.24. The van der Waals surface area contributed by atoms with Gasteiger partial charge in [-0.15, -0.1) is 5.43 Å². The van der Waals surface area contributed by atoms with Crippen molar-refractivity contribution < 1.29 is 14.6 Å². The van der Waals surface area contributed by atoms with Crippen molar-refractivity contribution in [3.8, 4) is 0 Å². The van der Waals surface area contributed by atoms with E-state index >= 15 is 0 Å². The number of carbonyl (C=O) groups is 1. The van der Waals surface area contributed by atoms with Crippen molar-refractivity contribution in [2.24, 2.45) is 5.73 Å². The van der Waals surface area contributed by atoms with Gasteiger partial charge in [0.2, 0.25) is 0 Å². The van der Waals surface area contributed by atoms with Gasteiger partial charge in [0.25, 0.3) is 0 Å². The zero-order valence-electron chi connectivity index (χ0n) is 12.0. The summed E-state index contributed by atoms with van der Waals surface area (Å²) in [5.74, 6) is -0.881. The van der Waals surface area contributed by atoms with Crippen LogP contribution in [0.2, 0.25) is 0 Å². The fraction of sp³-hybridized carbons (Fsp3) is 0.385. The van der Waals surface area contributed by atoms with Crippen molar-refractivity contribution in [2.45, 2.75) is 25.5 Å². The zero-order valence-corrected chi connectivity index (χ0v) is 12.0. The van der Waals surface area contributed by atoms with Gasteiger partial charge in [0, 0.05) is 6.54 Å². The molecule has 0 spiro atoms. The molecule has 1 aromatic carbocycles. The van der Waals surface area contributed by atoms with E-state index in [0.717, 1.165) is 5.56 Å². The summed E-state index contributed by atoms with van der Waals surface area (Å²) in [5, 5.41) is 19.3. The van der Waals surface area contributed by atoms with Crippen LogP contribution in [0.1, 0.15) is 18.4 Å². The molecule has 1 aromatic rings. The molecular formula is C13H19N5O4. The predicted octanol–water partition coefficient (Wildman–Crippen LogP) is 0.143. The summed E-state index contributed by atoms with van der Waals surface area (Å²) in [7, 11) is 0. The number of ether oxygens (including phenoxy) is 1. The van der Waals surface area contributed by atoms with E-state index in [1.54, 1.807) is 12.1 Å². The van der Waals surface area contributed by atoms with E-state index in [1.165, 1.54) is 0 Å². The second-order valence-electron chi connectivity index (χ2n) is 4.51. The van der Waals surface area contributed by atoms with E-state index < -0.39 is 17.0 Å². The third kappa shape index (κ3) is 7.08. The standard InChI is InChI=1S/C13H19N5O4/c14-13(15)16-8-4-7-11(17-18(20)21)12(19)22-9-10-5-2-1-3-6-10/h1-3,5-6,11,17H,4,7-9H2,(H4,14,15,16)/t11-/m0/s1. The maximum Gasteiger partial charge on any atom is 0.334 e. The van der Waals surface area contributed by atoms with Crippen LogP contribution in [0.5, 0.6) is 0 Å². The number of hydrogen-bond donors (Lipinski definition) is 4. The molecule has 0 heterocycles. The van der Waals surface area contributed by atoms with Crippen LogP contribution in [-0.4, -0.2) is 29.5 Å². The van der Waals surface area contributed by atoms with Crippen molar-refractivity contribution in [3.05, 3.63) is 46.0 Å².